The molecule has 0 saturated heterocycles. The molecule has 324 valence electrons. The molecule has 0 saturated carbocycles. The van der Waals surface area contributed by atoms with Crippen LogP contribution >= 0.6 is 11.3 Å². The maximum Gasteiger partial charge on any atom is 0.0541 e. The molecule has 0 bridgehead atoms. The van der Waals surface area contributed by atoms with Crippen molar-refractivity contribution >= 4 is 70.4 Å². The van der Waals surface area contributed by atoms with Crippen LogP contribution in [0.5, 0.6) is 0 Å². The molecule has 0 unspecified atom stereocenters. The molecule has 13 aromatic rings. The van der Waals surface area contributed by atoms with Gasteiger partial charge in [-0.2, -0.15) is 0 Å². The highest BCUT2D eigenvalue weighted by molar-refractivity contribution is 7.26. The van der Waals surface area contributed by atoms with Crippen LogP contribution < -0.4 is 4.90 Å². The number of anilines is 3. The van der Waals surface area contributed by atoms with Crippen molar-refractivity contribution in [1.29, 1.82) is 0 Å². The molecular weight excluding hydrogens is 853 g/mol. The number of para-hydroxylation sites is 3. The summed E-state index contributed by atoms with van der Waals surface area (Å²) in [4.78, 5) is 2.45. The van der Waals surface area contributed by atoms with E-state index in [9.17, 15) is 0 Å². The van der Waals surface area contributed by atoms with Gasteiger partial charge in [0, 0.05) is 59.0 Å². The number of hydrogen-bond donors (Lipinski definition) is 0. The number of rotatable bonds is 9. The summed E-state index contributed by atoms with van der Waals surface area (Å²) < 4.78 is 5.01. The molecule has 13 rings (SSSR count). The molecule has 0 fully saturated rings. The summed E-state index contributed by atoms with van der Waals surface area (Å²) in [5, 5.41) is 5.06. The zero-order valence-electron chi connectivity index (χ0n) is 37.7. The fourth-order valence-corrected chi connectivity index (χ4v) is 11.5. The topological polar surface area (TPSA) is 8.17 Å². The summed E-state index contributed by atoms with van der Waals surface area (Å²) in [5.74, 6) is 0. The minimum absolute atomic E-state index is 1.08. The first-order valence-electron chi connectivity index (χ1n) is 23.6. The average molecular weight is 897 g/mol. The van der Waals surface area contributed by atoms with Gasteiger partial charge in [0.1, 0.15) is 0 Å². The second-order valence-electron chi connectivity index (χ2n) is 17.6. The van der Waals surface area contributed by atoms with E-state index in [-0.39, 0.29) is 0 Å². The van der Waals surface area contributed by atoms with Gasteiger partial charge in [-0.25, -0.2) is 0 Å². The van der Waals surface area contributed by atoms with Crippen molar-refractivity contribution in [3.63, 3.8) is 0 Å². The summed E-state index contributed by atoms with van der Waals surface area (Å²) >= 11 is 1.88. The van der Waals surface area contributed by atoms with Crippen molar-refractivity contribution in [2.75, 3.05) is 4.90 Å². The molecule has 0 atom stereocenters. The number of aromatic nitrogens is 1. The summed E-state index contributed by atoms with van der Waals surface area (Å²) in [5.41, 5.74) is 18.6. The first-order chi connectivity index (χ1) is 34.2. The summed E-state index contributed by atoms with van der Waals surface area (Å²) in [7, 11) is 0. The Bertz CT molecular complexity index is 3930. The Hall–Kier alpha value is -8.76. The van der Waals surface area contributed by atoms with Crippen molar-refractivity contribution in [2.45, 2.75) is 0 Å². The minimum atomic E-state index is 1.08. The second kappa shape index (κ2) is 17.2. The van der Waals surface area contributed by atoms with Gasteiger partial charge in [-0.1, -0.05) is 206 Å². The smallest absolute Gasteiger partial charge is 0.0541 e. The summed E-state index contributed by atoms with van der Waals surface area (Å²) in [6, 6.07) is 97.5. The van der Waals surface area contributed by atoms with E-state index in [4.69, 9.17) is 0 Å². The highest BCUT2D eigenvalue weighted by Crippen LogP contribution is 2.48. The van der Waals surface area contributed by atoms with Crippen molar-refractivity contribution in [3.8, 4) is 61.3 Å². The van der Waals surface area contributed by atoms with Gasteiger partial charge in [-0.15, -0.1) is 11.3 Å². The fourth-order valence-electron chi connectivity index (χ4n) is 10.3. The molecule has 0 aliphatic carbocycles. The zero-order valence-corrected chi connectivity index (χ0v) is 38.5. The zero-order chi connectivity index (χ0) is 45.7. The van der Waals surface area contributed by atoms with Crippen molar-refractivity contribution < 1.29 is 0 Å². The second-order valence-corrected chi connectivity index (χ2v) is 18.7. The van der Waals surface area contributed by atoms with Crippen LogP contribution in [-0.4, -0.2) is 4.57 Å². The predicted molar refractivity (Wildman–Crippen MR) is 296 cm³/mol. The molecule has 0 radical (unpaired) electrons. The normalized spacial score (nSPS) is 11.5. The monoisotopic (exact) mass is 896 g/mol. The third-order valence-electron chi connectivity index (χ3n) is 13.7. The van der Waals surface area contributed by atoms with Gasteiger partial charge < -0.3 is 9.47 Å². The quantitative estimate of drug-likeness (QED) is 0.140. The number of thiophene rings is 1. The largest absolute Gasteiger partial charge is 0.310 e. The van der Waals surface area contributed by atoms with Gasteiger partial charge in [0.15, 0.2) is 0 Å². The number of fused-ring (bicyclic) bond motifs is 6. The van der Waals surface area contributed by atoms with E-state index in [0.717, 1.165) is 33.9 Å². The average Bonchev–Trinajstić information content (AvgIpc) is 3.98. The van der Waals surface area contributed by atoms with Gasteiger partial charge in [0.2, 0.25) is 0 Å². The Balaban J connectivity index is 1.01. The molecule has 3 heteroatoms. The highest BCUT2D eigenvalue weighted by Gasteiger charge is 2.23. The third kappa shape index (κ3) is 7.20. The molecule has 2 aromatic heterocycles. The van der Waals surface area contributed by atoms with Crippen molar-refractivity contribution in [3.05, 3.63) is 267 Å². The molecule has 0 amide bonds. The van der Waals surface area contributed by atoms with Crippen LogP contribution in [0.1, 0.15) is 0 Å². The SMILES string of the molecule is c1ccc(-c2ccc(-c3ccc(N(c4ccc(-c5ccccc5)cc4)c4ccc(-c5ccccc5-n5c6ccccc6c6ccccc65)cc4-c4cccc5c4sc4ccccc45)cc3)cc2)cc1. The Morgan fingerprint density at radius 1 is 0.290 bits per heavy atom. The fraction of sp³-hybridized carbons (Fsp3) is 0. The van der Waals surface area contributed by atoms with Crippen LogP contribution in [0.3, 0.4) is 0 Å². The molecule has 0 aliphatic heterocycles. The molecule has 69 heavy (non-hydrogen) atoms. The van der Waals surface area contributed by atoms with Crippen LogP contribution in [0.2, 0.25) is 0 Å². The van der Waals surface area contributed by atoms with Crippen LogP contribution in [0.25, 0.3) is 103 Å². The van der Waals surface area contributed by atoms with E-state index in [1.54, 1.807) is 0 Å². The lowest BCUT2D eigenvalue weighted by Crippen LogP contribution is -2.11. The standard InChI is InChI=1S/C66H44N2S/c1-3-16-45(17-4-1)47-30-32-48(33-31-47)50-36-41-53(42-37-50)67(52-39-34-49(35-40-52)46-18-5-2-6-19-46)64-43-38-51(44-60(64)59-25-15-24-58-57-23-10-14-29-65(57)69-66(58)59)54-20-7-11-26-61(54)68-62-27-12-8-21-55(62)56-22-9-13-28-63(56)68/h1-44H. The maximum atomic E-state index is 2.45. The Morgan fingerprint density at radius 3 is 1.32 bits per heavy atom. The molecule has 0 aliphatic rings. The number of hydrogen-bond acceptors (Lipinski definition) is 2. The van der Waals surface area contributed by atoms with Gasteiger partial charge in [0.25, 0.3) is 0 Å². The molecule has 11 aromatic carbocycles. The molecular formula is C66H44N2S. The number of benzene rings is 11. The molecule has 2 heterocycles. The van der Waals surface area contributed by atoms with Crippen molar-refractivity contribution in [2.24, 2.45) is 0 Å². The molecule has 2 nitrogen and oxygen atoms in total. The van der Waals surface area contributed by atoms with E-state index in [0.29, 0.717) is 0 Å². The molecule has 0 spiro atoms. The van der Waals surface area contributed by atoms with Crippen molar-refractivity contribution in [1.82, 2.24) is 4.57 Å². The van der Waals surface area contributed by atoms with Crippen LogP contribution in [-0.2, 0) is 0 Å². The van der Waals surface area contributed by atoms with Gasteiger partial charge in [-0.05, 0) is 99.6 Å². The van der Waals surface area contributed by atoms with Gasteiger partial charge >= 0.3 is 0 Å². The van der Waals surface area contributed by atoms with Crippen LogP contribution in [0.15, 0.2) is 267 Å². The Kier molecular flexibility index (Phi) is 10.1. The number of nitrogens with zero attached hydrogens (tertiary/aromatic N) is 2. The molecule has 0 N–H and O–H groups in total. The van der Waals surface area contributed by atoms with E-state index >= 15 is 0 Å². The van der Waals surface area contributed by atoms with Gasteiger partial charge in [0.05, 0.1) is 22.4 Å². The van der Waals surface area contributed by atoms with E-state index in [1.807, 2.05) is 11.3 Å². The lowest BCUT2D eigenvalue weighted by molar-refractivity contribution is 1.18. The van der Waals surface area contributed by atoms with E-state index in [1.165, 1.54) is 86.5 Å². The Labute approximate surface area is 405 Å². The van der Waals surface area contributed by atoms with Gasteiger partial charge in [-0.3, -0.25) is 0 Å². The summed E-state index contributed by atoms with van der Waals surface area (Å²) in [6.07, 6.45) is 0. The third-order valence-corrected chi connectivity index (χ3v) is 14.9. The maximum absolute atomic E-state index is 2.45. The Morgan fingerprint density at radius 2 is 0.725 bits per heavy atom. The lowest BCUT2D eigenvalue weighted by Gasteiger charge is -2.29. The van der Waals surface area contributed by atoms with Crippen LogP contribution in [0.4, 0.5) is 17.1 Å². The highest BCUT2D eigenvalue weighted by atomic mass is 32.1. The lowest BCUT2D eigenvalue weighted by atomic mass is 9.94. The predicted octanol–water partition coefficient (Wildman–Crippen LogP) is 19.0. The van der Waals surface area contributed by atoms with E-state index in [2.05, 4.69) is 276 Å². The first-order valence-corrected chi connectivity index (χ1v) is 24.4. The first kappa shape index (κ1) is 40.5. The van der Waals surface area contributed by atoms with E-state index < -0.39 is 0 Å². The van der Waals surface area contributed by atoms with Crippen LogP contribution in [0, 0.1) is 0 Å². The summed E-state index contributed by atoms with van der Waals surface area (Å²) in [6.45, 7) is 0. The minimum Gasteiger partial charge on any atom is -0.310 e.